The van der Waals surface area contributed by atoms with Gasteiger partial charge in [0.25, 0.3) is 0 Å². The Hall–Kier alpha value is -1.09. The highest BCUT2D eigenvalue weighted by Crippen LogP contribution is 2.31. The summed E-state index contributed by atoms with van der Waals surface area (Å²) in [6, 6.07) is 1.97. The Balaban J connectivity index is 2.39. The van der Waals surface area contributed by atoms with E-state index in [1.54, 1.807) is 12.4 Å². The maximum atomic E-state index is 5.55. The summed E-state index contributed by atoms with van der Waals surface area (Å²) < 4.78 is 5.36. The minimum atomic E-state index is 0.369. The largest absolute Gasteiger partial charge is 0.491 e. The third-order valence-corrected chi connectivity index (χ3v) is 1.98. The molecule has 11 heavy (non-hydrogen) atoms. The van der Waals surface area contributed by atoms with E-state index in [4.69, 9.17) is 10.5 Å². The van der Waals surface area contributed by atoms with Gasteiger partial charge in [0.1, 0.15) is 5.75 Å². The highest BCUT2D eigenvalue weighted by Gasteiger charge is 2.21. The number of hydrogen-bond donors (Lipinski definition) is 1. The highest BCUT2D eigenvalue weighted by molar-refractivity contribution is 5.36. The van der Waals surface area contributed by atoms with E-state index in [1.807, 2.05) is 6.07 Å². The van der Waals surface area contributed by atoms with Crippen LogP contribution in [-0.4, -0.2) is 18.1 Å². The van der Waals surface area contributed by atoms with Crippen molar-refractivity contribution in [1.82, 2.24) is 4.98 Å². The molecule has 0 fully saturated rings. The monoisotopic (exact) mass is 150 g/mol. The van der Waals surface area contributed by atoms with Gasteiger partial charge in [-0.2, -0.15) is 0 Å². The predicted molar refractivity (Wildman–Crippen MR) is 41.5 cm³/mol. The van der Waals surface area contributed by atoms with Crippen molar-refractivity contribution in [1.29, 1.82) is 0 Å². The van der Waals surface area contributed by atoms with Gasteiger partial charge in [-0.1, -0.05) is 0 Å². The predicted octanol–water partition coefficient (Wildman–Crippen LogP) is 0.516. The molecule has 1 aliphatic rings. The lowest BCUT2D eigenvalue weighted by Gasteiger charge is -2.01. The number of rotatable bonds is 1. The van der Waals surface area contributed by atoms with E-state index in [9.17, 15) is 0 Å². The standard InChI is InChI=1S/C8H10N2O/c9-3-6-5-11-8-4-10-2-1-7(6)8/h1-2,4,6H,3,5,9H2/t6-/m1/s1. The van der Waals surface area contributed by atoms with Crippen LogP contribution in [0.4, 0.5) is 0 Å². The van der Waals surface area contributed by atoms with Gasteiger partial charge in [-0.15, -0.1) is 0 Å². The van der Waals surface area contributed by atoms with E-state index in [1.165, 1.54) is 5.56 Å². The molecule has 2 rings (SSSR count). The van der Waals surface area contributed by atoms with Crippen LogP contribution < -0.4 is 10.5 Å². The summed E-state index contributed by atoms with van der Waals surface area (Å²) in [6.07, 6.45) is 3.52. The Morgan fingerprint density at radius 2 is 2.64 bits per heavy atom. The molecule has 1 atom stereocenters. The molecule has 1 aliphatic heterocycles. The second-order valence-electron chi connectivity index (χ2n) is 2.66. The highest BCUT2D eigenvalue weighted by atomic mass is 16.5. The van der Waals surface area contributed by atoms with Crippen molar-refractivity contribution in [2.45, 2.75) is 5.92 Å². The molecule has 0 aliphatic carbocycles. The van der Waals surface area contributed by atoms with Gasteiger partial charge in [0.05, 0.1) is 12.8 Å². The van der Waals surface area contributed by atoms with Crippen LogP contribution in [0.2, 0.25) is 0 Å². The van der Waals surface area contributed by atoms with Crippen LogP contribution in [0.3, 0.4) is 0 Å². The first-order valence-electron chi connectivity index (χ1n) is 3.68. The van der Waals surface area contributed by atoms with E-state index < -0.39 is 0 Å². The molecule has 0 saturated carbocycles. The zero-order valence-electron chi connectivity index (χ0n) is 6.16. The SMILES string of the molecule is NC[C@@H]1COc2cnccc21. The van der Waals surface area contributed by atoms with Crippen LogP contribution in [0.15, 0.2) is 18.5 Å². The number of nitrogens with zero attached hydrogens (tertiary/aromatic N) is 1. The molecular formula is C8H10N2O. The Labute approximate surface area is 65.2 Å². The Bertz CT molecular complexity index is 262. The molecule has 0 bridgehead atoms. The Kier molecular flexibility index (Phi) is 1.51. The first-order chi connectivity index (χ1) is 5.42. The van der Waals surface area contributed by atoms with Gasteiger partial charge in [-0.25, -0.2) is 0 Å². The zero-order valence-corrected chi connectivity index (χ0v) is 6.16. The molecule has 3 heteroatoms. The third-order valence-electron chi connectivity index (χ3n) is 1.98. The van der Waals surface area contributed by atoms with Crippen LogP contribution in [0.25, 0.3) is 0 Å². The molecule has 2 heterocycles. The molecule has 0 amide bonds. The summed E-state index contributed by atoms with van der Waals surface area (Å²) in [4.78, 5) is 3.96. The number of aromatic nitrogens is 1. The van der Waals surface area contributed by atoms with Crippen LogP contribution in [0.5, 0.6) is 5.75 Å². The van der Waals surface area contributed by atoms with Crippen LogP contribution in [0, 0.1) is 0 Å². The van der Waals surface area contributed by atoms with Gasteiger partial charge in [0.2, 0.25) is 0 Å². The number of pyridine rings is 1. The third kappa shape index (κ3) is 0.973. The van der Waals surface area contributed by atoms with Crippen molar-refractivity contribution in [3.8, 4) is 5.75 Å². The van der Waals surface area contributed by atoms with Crippen molar-refractivity contribution in [2.24, 2.45) is 5.73 Å². The van der Waals surface area contributed by atoms with Gasteiger partial charge in [0.15, 0.2) is 0 Å². The molecule has 0 saturated heterocycles. The fourth-order valence-corrected chi connectivity index (χ4v) is 1.32. The minimum Gasteiger partial charge on any atom is -0.491 e. The van der Waals surface area contributed by atoms with Crippen LogP contribution in [0.1, 0.15) is 11.5 Å². The van der Waals surface area contributed by atoms with Gasteiger partial charge in [-0.05, 0) is 6.07 Å². The van der Waals surface area contributed by atoms with Gasteiger partial charge in [-0.3, -0.25) is 4.98 Å². The molecule has 0 aromatic carbocycles. The average Bonchev–Trinajstić information content (AvgIpc) is 2.47. The molecule has 2 N–H and O–H groups in total. The quantitative estimate of drug-likeness (QED) is 0.634. The van der Waals surface area contributed by atoms with Gasteiger partial charge >= 0.3 is 0 Å². The molecule has 58 valence electrons. The van der Waals surface area contributed by atoms with Gasteiger partial charge in [0, 0.05) is 24.2 Å². The van der Waals surface area contributed by atoms with Crippen molar-refractivity contribution < 1.29 is 4.74 Å². The maximum absolute atomic E-state index is 5.55. The fraction of sp³-hybridized carbons (Fsp3) is 0.375. The van der Waals surface area contributed by atoms with E-state index in [2.05, 4.69) is 4.98 Å². The Morgan fingerprint density at radius 3 is 3.45 bits per heavy atom. The molecule has 3 nitrogen and oxygen atoms in total. The van der Waals surface area contributed by atoms with Crippen molar-refractivity contribution in [2.75, 3.05) is 13.2 Å². The molecule has 0 unspecified atom stereocenters. The van der Waals surface area contributed by atoms with E-state index in [-0.39, 0.29) is 0 Å². The van der Waals surface area contributed by atoms with E-state index in [0.29, 0.717) is 19.1 Å². The van der Waals surface area contributed by atoms with Crippen molar-refractivity contribution >= 4 is 0 Å². The minimum absolute atomic E-state index is 0.369. The van der Waals surface area contributed by atoms with Gasteiger partial charge < -0.3 is 10.5 Å². The second kappa shape index (κ2) is 2.51. The lowest BCUT2D eigenvalue weighted by atomic mass is 10.0. The summed E-state index contributed by atoms with van der Waals surface area (Å²) in [5.41, 5.74) is 6.74. The summed E-state index contributed by atoms with van der Waals surface area (Å²) >= 11 is 0. The van der Waals surface area contributed by atoms with Crippen LogP contribution in [-0.2, 0) is 0 Å². The average molecular weight is 150 g/mol. The normalized spacial score (nSPS) is 21.0. The second-order valence-corrected chi connectivity index (χ2v) is 2.66. The zero-order chi connectivity index (χ0) is 7.68. The van der Waals surface area contributed by atoms with Crippen molar-refractivity contribution in [3.05, 3.63) is 24.0 Å². The van der Waals surface area contributed by atoms with Crippen LogP contribution >= 0.6 is 0 Å². The lowest BCUT2D eigenvalue weighted by Crippen LogP contribution is -2.13. The number of hydrogen-bond acceptors (Lipinski definition) is 3. The number of nitrogens with two attached hydrogens (primary N) is 1. The molecule has 1 aromatic rings. The van der Waals surface area contributed by atoms with Crippen molar-refractivity contribution in [3.63, 3.8) is 0 Å². The lowest BCUT2D eigenvalue weighted by molar-refractivity contribution is 0.332. The molecule has 0 spiro atoms. The number of fused-ring (bicyclic) bond motifs is 1. The smallest absolute Gasteiger partial charge is 0.141 e. The summed E-state index contributed by atoms with van der Waals surface area (Å²) in [5.74, 6) is 1.26. The first-order valence-corrected chi connectivity index (χ1v) is 3.68. The Morgan fingerprint density at radius 1 is 1.73 bits per heavy atom. The van der Waals surface area contributed by atoms with E-state index in [0.717, 1.165) is 5.75 Å². The summed E-state index contributed by atoms with van der Waals surface area (Å²) in [5, 5.41) is 0. The first kappa shape index (κ1) is 6.61. The van der Waals surface area contributed by atoms with E-state index >= 15 is 0 Å². The molecule has 0 radical (unpaired) electrons. The summed E-state index contributed by atoms with van der Waals surface area (Å²) in [7, 11) is 0. The topological polar surface area (TPSA) is 48.1 Å². The molecule has 1 aromatic heterocycles. The maximum Gasteiger partial charge on any atom is 0.141 e. The number of ether oxygens (including phenoxy) is 1. The summed E-state index contributed by atoms with van der Waals surface area (Å²) in [6.45, 7) is 1.36. The fourth-order valence-electron chi connectivity index (χ4n) is 1.32. The molecular weight excluding hydrogens is 140 g/mol.